The highest BCUT2D eigenvalue weighted by atomic mass is 16.6. The maximum atomic E-state index is 12.5. The molecule has 10 heteroatoms. The predicted octanol–water partition coefficient (Wildman–Crippen LogP) is 2.11. The average molecular weight is 443 g/mol. The molecule has 0 radical (unpaired) electrons. The van der Waals surface area contributed by atoms with E-state index in [1.54, 1.807) is 4.90 Å². The summed E-state index contributed by atoms with van der Waals surface area (Å²) in [5.74, 6) is -1.07. The molecule has 0 atom stereocenters. The Balaban J connectivity index is 1.56. The monoisotopic (exact) mass is 443 g/mol. The van der Waals surface area contributed by atoms with Crippen LogP contribution in [0, 0.1) is 10.1 Å². The number of hydrogen-bond donors (Lipinski definition) is 0. The number of methoxy groups -OCH3 is 2. The highest BCUT2D eigenvalue weighted by molar-refractivity contribution is 5.96. The average Bonchev–Trinajstić information content (AvgIpc) is 2.82. The zero-order valence-electron chi connectivity index (χ0n) is 18.0. The summed E-state index contributed by atoms with van der Waals surface area (Å²) in [5.41, 5.74) is 0.403. The molecule has 1 aliphatic heterocycles. The third-order valence-corrected chi connectivity index (χ3v) is 5.22. The van der Waals surface area contributed by atoms with Gasteiger partial charge in [-0.1, -0.05) is 30.3 Å². The third-order valence-electron chi connectivity index (χ3n) is 5.22. The topological polar surface area (TPSA) is 111 Å². The number of nitrogens with zero attached hydrogens (tertiary/aromatic N) is 3. The van der Waals surface area contributed by atoms with Crippen LogP contribution in [0.3, 0.4) is 0 Å². The van der Waals surface area contributed by atoms with Crippen molar-refractivity contribution in [2.45, 2.75) is 6.54 Å². The standard InChI is InChI=1S/C22H25N3O7/c1-30-19-12-17(18(25(28)29)13-20(19)31-2)22(27)32-15-21(26)24-10-8-23(9-11-24)14-16-6-4-3-5-7-16/h3-7,12-13H,8-11,14-15H2,1-2H3. The number of carbonyl (C=O) groups excluding carboxylic acids is 2. The summed E-state index contributed by atoms with van der Waals surface area (Å²) in [6.45, 7) is 2.74. The van der Waals surface area contributed by atoms with Gasteiger partial charge in [0.05, 0.1) is 25.2 Å². The Labute approximate surface area is 185 Å². The largest absolute Gasteiger partial charge is 0.493 e. The van der Waals surface area contributed by atoms with Gasteiger partial charge in [0.15, 0.2) is 18.1 Å². The Kier molecular flexibility index (Phi) is 7.61. The molecule has 10 nitrogen and oxygen atoms in total. The van der Waals surface area contributed by atoms with E-state index in [4.69, 9.17) is 14.2 Å². The van der Waals surface area contributed by atoms with Crippen LogP contribution in [0.25, 0.3) is 0 Å². The van der Waals surface area contributed by atoms with E-state index in [0.717, 1.165) is 12.6 Å². The first-order valence-corrected chi connectivity index (χ1v) is 10.0. The van der Waals surface area contributed by atoms with E-state index in [0.29, 0.717) is 26.2 Å². The van der Waals surface area contributed by atoms with Crippen LogP contribution in [0.1, 0.15) is 15.9 Å². The number of ether oxygens (including phenoxy) is 3. The second kappa shape index (κ2) is 10.6. The van der Waals surface area contributed by atoms with Crippen LogP contribution in [0.15, 0.2) is 42.5 Å². The first-order chi connectivity index (χ1) is 15.4. The Hall–Kier alpha value is -3.66. The second-order valence-electron chi connectivity index (χ2n) is 7.20. The van der Waals surface area contributed by atoms with Crippen molar-refractivity contribution in [1.82, 2.24) is 9.80 Å². The van der Waals surface area contributed by atoms with E-state index in [2.05, 4.69) is 17.0 Å². The van der Waals surface area contributed by atoms with Crippen LogP contribution in [0.5, 0.6) is 11.5 Å². The molecule has 1 amide bonds. The SMILES string of the molecule is COc1cc(C(=O)OCC(=O)N2CCN(Cc3ccccc3)CC2)c([N+](=O)[O-])cc1OC. The van der Waals surface area contributed by atoms with Crippen molar-refractivity contribution >= 4 is 17.6 Å². The minimum atomic E-state index is -0.978. The van der Waals surface area contributed by atoms with Crippen LogP contribution in [-0.2, 0) is 16.1 Å². The fourth-order valence-electron chi connectivity index (χ4n) is 3.48. The van der Waals surface area contributed by atoms with E-state index < -0.39 is 23.2 Å². The van der Waals surface area contributed by atoms with Crippen LogP contribution >= 0.6 is 0 Å². The van der Waals surface area contributed by atoms with Gasteiger partial charge in [0.2, 0.25) is 0 Å². The molecule has 32 heavy (non-hydrogen) atoms. The molecule has 3 rings (SSSR count). The second-order valence-corrected chi connectivity index (χ2v) is 7.20. The van der Waals surface area contributed by atoms with E-state index in [-0.39, 0.29) is 23.0 Å². The summed E-state index contributed by atoms with van der Waals surface area (Å²) >= 11 is 0. The Morgan fingerprint density at radius 3 is 2.22 bits per heavy atom. The number of nitro benzene ring substituents is 1. The van der Waals surface area contributed by atoms with Crippen molar-refractivity contribution in [3.63, 3.8) is 0 Å². The number of piperazine rings is 1. The molecule has 1 saturated heterocycles. The van der Waals surface area contributed by atoms with E-state index in [1.165, 1.54) is 25.8 Å². The molecular weight excluding hydrogens is 418 g/mol. The molecule has 0 N–H and O–H groups in total. The maximum Gasteiger partial charge on any atom is 0.345 e. The molecule has 2 aromatic rings. The van der Waals surface area contributed by atoms with Crippen molar-refractivity contribution in [3.8, 4) is 11.5 Å². The smallest absolute Gasteiger partial charge is 0.345 e. The molecule has 0 unspecified atom stereocenters. The van der Waals surface area contributed by atoms with Gasteiger partial charge >= 0.3 is 5.97 Å². The molecule has 0 aromatic heterocycles. The zero-order chi connectivity index (χ0) is 23.1. The predicted molar refractivity (Wildman–Crippen MR) is 115 cm³/mol. The lowest BCUT2D eigenvalue weighted by Gasteiger charge is -2.34. The van der Waals surface area contributed by atoms with Gasteiger partial charge in [-0.3, -0.25) is 19.8 Å². The van der Waals surface area contributed by atoms with Gasteiger partial charge in [-0.05, 0) is 5.56 Å². The number of nitro groups is 1. The third kappa shape index (κ3) is 5.52. The minimum Gasteiger partial charge on any atom is -0.493 e. The molecule has 1 fully saturated rings. The summed E-state index contributed by atoms with van der Waals surface area (Å²) < 4.78 is 15.2. The van der Waals surface area contributed by atoms with Crippen LogP contribution in [0.4, 0.5) is 5.69 Å². The number of amides is 1. The number of carbonyl (C=O) groups is 2. The fourth-order valence-corrected chi connectivity index (χ4v) is 3.48. The van der Waals surface area contributed by atoms with Crippen molar-refractivity contribution < 1.29 is 28.7 Å². The van der Waals surface area contributed by atoms with Gasteiger partial charge in [0, 0.05) is 38.8 Å². The number of rotatable bonds is 8. The Bertz CT molecular complexity index is 973. The molecule has 170 valence electrons. The molecular formula is C22H25N3O7. The van der Waals surface area contributed by atoms with Crippen molar-refractivity contribution in [3.05, 3.63) is 63.7 Å². The van der Waals surface area contributed by atoms with Crippen molar-refractivity contribution in [2.24, 2.45) is 0 Å². The summed E-state index contributed by atoms with van der Waals surface area (Å²) in [5, 5.41) is 11.4. The minimum absolute atomic E-state index is 0.111. The zero-order valence-corrected chi connectivity index (χ0v) is 18.0. The maximum absolute atomic E-state index is 12.5. The molecule has 0 spiro atoms. The van der Waals surface area contributed by atoms with Gasteiger partial charge in [0.1, 0.15) is 5.56 Å². The summed E-state index contributed by atoms with van der Waals surface area (Å²) in [7, 11) is 2.68. The van der Waals surface area contributed by atoms with Gasteiger partial charge in [0.25, 0.3) is 11.6 Å². The van der Waals surface area contributed by atoms with Crippen LogP contribution in [0.2, 0.25) is 0 Å². The lowest BCUT2D eigenvalue weighted by molar-refractivity contribution is -0.385. The lowest BCUT2D eigenvalue weighted by atomic mass is 10.1. The van der Waals surface area contributed by atoms with Gasteiger partial charge in [-0.25, -0.2) is 4.79 Å². The van der Waals surface area contributed by atoms with Crippen molar-refractivity contribution in [2.75, 3.05) is 47.0 Å². The van der Waals surface area contributed by atoms with Gasteiger partial charge in [-0.15, -0.1) is 0 Å². The highest BCUT2D eigenvalue weighted by Crippen LogP contribution is 2.34. The Morgan fingerprint density at radius 2 is 1.62 bits per heavy atom. The molecule has 0 aliphatic carbocycles. The number of esters is 1. The molecule has 0 bridgehead atoms. The quantitative estimate of drug-likeness (QED) is 0.347. The normalized spacial score (nSPS) is 14.0. The van der Waals surface area contributed by atoms with E-state index in [9.17, 15) is 19.7 Å². The highest BCUT2D eigenvalue weighted by Gasteiger charge is 2.27. The van der Waals surface area contributed by atoms with Gasteiger partial charge in [-0.2, -0.15) is 0 Å². The molecule has 2 aromatic carbocycles. The van der Waals surface area contributed by atoms with E-state index >= 15 is 0 Å². The van der Waals surface area contributed by atoms with Crippen LogP contribution in [-0.4, -0.2) is 73.6 Å². The summed E-state index contributed by atoms with van der Waals surface area (Å²) in [4.78, 5) is 39.5. The first-order valence-electron chi connectivity index (χ1n) is 10.0. The summed E-state index contributed by atoms with van der Waals surface area (Å²) in [6.07, 6.45) is 0. The summed E-state index contributed by atoms with van der Waals surface area (Å²) in [6, 6.07) is 12.3. The van der Waals surface area contributed by atoms with Crippen molar-refractivity contribution in [1.29, 1.82) is 0 Å². The fraction of sp³-hybridized carbons (Fsp3) is 0.364. The van der Waals surface area contributed by atoms with Crippen LogP contribution < -0.4 is 9.47 Å². The molecule has 1 aliphatic rings. The number of benzene rings is 2. The van der Waals surface area contributed by atoms with Gasteiger partial charge < -0.3 is 19.1 Å². The first kappa shape index (κ1) is 23.0. The number of hydrogen-bond acceptors (Lipinski definition) is 8. The molecule has 1 heterocycles. The Morgan fingerprint density at radius 1 is 1.00 bits per heavy atom. The lowest BCUT2D eigenvalue weighted by Crippen LogP contribution is -2.49. The molecule has 0 saturated carbocycles. The van der Waals surface area contributed by atoms with E-state index in [1.807, 2.05) is 18.2 Å².